The molecule has 6 heteroatoms. The highest BCUT2D eigenvalue weighted by Crippen LogP contribution is 2.27. The van der Waals surface area contributed by atoms with Gasteiger partial charge in [0.05, 0.1) is 12.4 Å². The molecule has 0 spiro atoms. The van der Waals surface area contributed by atoms with Crippen LogP contribution in [0.3, 0.4) is 0 Å². The van der Waals surface area contributed by atoms with Gasteiger partial charge in [0.25, 0.3) is 0 Å². The SMILES string of the molecule is CC(C)C1CN(c2cnc(C(=O)O)cn2)CCS1. The molecule has 1 N–H and O–H groups in total. The van der Waals surface area contributed by atoms with E-state index in [0.717, 1.165) is 24.7 Å². The average Bonchev–Trinajstić information content (AvgIpc) is 2.39. The molecule has 0 bridgehead atoms. The van der Waals surface area contributed by atoms with E-state index in [1.807, 2.05) is 11.8 Å². The van der Waals surface area contributed by atoms with Crippen molar-refractivity contribution in [2.45, 2.75) is 19.1 Å². The molecule has 0 aromatic carbocycles. The number of rotatable bonds is 3. The second-order valence-electron chi connectivity index (χ2n) is 4.66. The van der Waals surface area contributed by atoms with Gasteiger partial charge in [-0.3, -0.25) is 0 Å². The lowest BCUT2D eigenvalue weighted by atomic mass is 10.1. The molecular weight excluding hydrogens is 250 g/mol. The van der Waals surface area contributed by atoms with Crippen LogP contribution in [-0.2, 0) is 0 Å². The first-order valence-corrected chi connectivity index (χ1v) is 7.04. The zero-order chi connectivity index (χ0) is 13.1. The normalized spacial score (nSPS) is 20.2. The van der Waals surface area contributed by atoms with Crippen molar-refractivity contribution < 1.29 is 9.90 Å². The predicted molar refractivity (Wildman–Crippen MR) is 72.3 cm³/mol. The number of aromatic carboxylic acids is 1. The molecule has 1 fully saturated rings. The van der Waals surface area contributed by atoms with Gasteiger partial charge in [0, 0.05) is 24.1 Å². The number of hydrogen-bond acceptors (Lipinski definition) is 5. The van der Waals surface area contributed by atoms with Gasteiger partial charge >= 0.3 is 5.97 Å². The van der Waals surface area contributed by atoms with Crippen molar-refractivity contribution in [2.75, 3.05) is 23.7 Å². The number of carbonyl (C=O) groups is 1. The van der Waals surface area contributed by atoms with Crippen LogP contribution in [0.5, 0.6) is 0 Å². The summed E-state index contributed by atoms with van der Waals surface area (Å²) in [4.78, 5) is 21.0. The zero-order valence-corrected chi connectivity index (χ0v) is 11.4. The van der Waals surface area contributed by atoms with Crippen LogP contribution in [0.25, 0.3) is 0 Å². The molecule has 5 nitrogen and oxygen atoms in total. The van der Waals surface area contributed by atoms with Crippen LogP contribution in [0.2, 0.25) is 0 Å². The summed E-state index contributed by atoms with van der Waals surface area (Å²) in [5.41, 5.74) is -0.00876. The van der Waals surface area contributed by atoms with Gasteiger partial charge in [-0.2, -0.15) is 11.8 Å². The fourth-order valence-electron chi connectivity index (χ4n) is 1.88. The Kier molecular flexibility index (Phi) is 4.06. The highest BCUT2D eigenvalue weighted by Gasteiger charge is 2.24. The maximum Gasteiger partial charge on any atom is 0.356 e. The van der Waals surface area contributed by atoms with Crippen LogP contribution in [0.1, 0.15) is 24.3 Å². The third-order valence-corrected chi connectivity index (χ3v) is 4.56. The van der Waals surface area contributed by atoms with Gasteiger partial charge in [-0.25, -0.2) is 14.8 Å². The van der Waals surface area contributed by atoms with Gasteiger partial charge in [0.1, 0.15) is 5.82 Å². The standard InChI is InChI=1S/C12H17N3O2S/c1-8(2)10-7-15(3-4-18-10)11-6-13-9(5-14-11)12(16)17/h5-6,8,10H,3-4,7H2,1-2H3,(H,16,17). The highest BCUT2D eigenvalue weighted by molar-refractivity contribution is 8.00. The molecule has 1 unspecified atom stereocenters. The van der Waals surface area contributed by atoms with E-state index in [2.05, 4.69) is 28.7 Å². The number of carboxylic acids is 1. The maximum absolute atomic E-state index is 10.7. The van der Waals surface area contributed by atoms with Crippen molar-refractivity contribution in [2.24, 2.45) is 5.92 Å². The van der Waals surface area contributed by atoms with Crippen molar-refractivity contribution >= 4 is 23.5 Å². The third kappa shape index (κ3) is 2.93. The van der Waals surface area contributed by atoms with E-state index in [1.165, 1.54) is 6.20 Å². The smallest absolute Gasteiger partial charge is 0.356 e. The Morgan fingerprint density at radius 2 is 2.28 bits per heavy atom. The topological polar surface area (TPSA) is 66.3 Å². The molecule has 0 aliphatic carbocycles. The Bertz CT molecular complexity index is 422. The van der Waals surface area contributed by atoms with E-state index in [4.69, 9.17) is 5.11 Å². The van der Waals surface area contributed by atoms with Crippen molar-refractivity contribution in [1.82, 2.24) is 9.97 Å². The molecule has 1 aromatic rings. The minimum Gasteiger partial charge on any atom is -0.476 e. The van der Waals surface area contributed by atoms with Gasteiger partial charge < -0.3 is 10.0 Å². The largest absolute Gasteiger partial charge is 0.476 e. The fraction of sp³-hybridized carbons (Fsp3) is 0.583. The van der Waals surface area contributed by atoms with Crippen LogP contribution in [-0.4, -0.2) is 45.1 Å². The van der Waals surface area contributed by atoms with E-state index in [-0.39, 0.29) is 5.69 Å². The molecule has 1 aliphatic rings. The summed E-state index contributed by atoms with van der Waals surface area (Å²) in [6.07, 6.45) is 2.88. The summed E-state index contributed by atoms with van der Waals surface area (Å²) in [6.45, 7) is 6.33. The first-order chi connectivity index (χ1) is 8.58. The number of anilines is 1. The van der Waals surface area contributed by atoms with Crippen LogP contribution >= 0.6 is 11.8 Å². The van der Waals surface area contributed by atoms with E-state index in [9.17, 15) is 4.79 Å². The van der Waals surface area contributed by atoms with Crippen LogP contribution in [0, 0.1) is 5.92 Å². The molecule has 0 saturated carbocycles. The van der Waals surface area contributed by atoms with Gasteiger partial charge in [0.2, 0.25) is 0 Å². The molecule has 0 amide bonds. The molecular formula is C12H17N3O2S. The van der Waals surface area contributed by atoms with Crippen LogP contribution in [0.15, 0.2) is 12.4 Å². The number of hydrogen-bond donors (Lipinski definition) is 1. The Labute approximate surface area is 111 Å². The Hall–Kier alpha value is -1.30. The Morgan fingerprint density at radius 3 is 2.83 bits per heavy atom. The number of nitrogens with zero attached hydrogens (tertiary/aromatic N) is 3. The van der Waals surface area contributed by atoms with Gasteiger partial charge in [0.15, 0.2) is 5.69 Å². The molecule has 1 aliphatic heterocycles. The Balaban J connectivity index is 2.09. The van der Waals surface area contributed by atoms with E-state index in [1.54, 1.807) is 6.20 Å². The molecule has 0 radical (unpaired) electrons. The molecule has 1 saturated heterocycles. The third-order valence-electron chi connectivity index (χ3n) is 3.02. The van der Waals surface area contributed by atoms with Gasteiger partial charge in [-0.05, 0) is 5.92 Å². The maximum atomic E-state index is 10.7. The Morgan fingerprint density at radius 1 is 1.50 bits per heavy atom. The van der Waals surface area contributed by atoms with Crippen LogP contribution in [0.4, 0.5) is 5.82 Å². The summed E-state index contributed by atoms with van der Waals surface area (Å²) >= 11 is 1.99. The fourth-order valence-corrected chi connectivity index (χ4v) is 3.18. The monoisotopic (exact) mass is 267 g/mol. The van der Waals surface area contributed by atoms with Crippen molar-refractivity contribution in [3.63, 3.8) is 0 Å². The highest BCUT2D eigenvalue weighted by atomic mass is 32.2. The lowest BCUT2D eigenvalue weighted by Gasteiger charge is -2.34. The zero-order valence-electron chi connectivity index (χ0n) is 10.5. The molecule has 2 rings (SSSR count). The van der Waals surface area contributed by atoms with E-state index >= 15 is 0 Å². The molecule has 98 valence electrons. The van der Waals surface area contributed by atoms with Gasteiger partial charge in [-0.15, -0.1) is 0 Å². The molecule has 2 heterocycles. The average molecular weight is 267 g/mol. The van der Waals surface area contributed by atoms with E-state index in [0.29, 0.717) is 11.2 Å². The second kappa shape index (κ2) is 5.56. The number of aromatic nitrogens is 2. The molecule has 18 heavy (non-hydrogen) atoms. The summed E-state index contributed by atoms with van der Waals surface area (Å²) < 4.78 is 0. The van der Waals surface area contributed by atoms with Crippen LogP contribution < -0.4 is 4.90 Å². The lowest BCUT2D eigenvalue weighted by Crippen LogP contribution is -2.40. The number of thioether (sulfide) groups is 1. The molecule has 1 atom stereocenters. The first kappa shape index (κ1) is 13.1. The van der Waals surface area contributed by atoms with Crippen molar-refractivity contribution in [1.29, 1.82) is 0 Å². The number of carboxylic acid groups (broad SMARTS) is 1. The summed E-state index contributed by atoms with van der Waals surface area (Å²) in [5.74, 6) is 1.43. The van der Waals surface area contributed by atoms with Crippen molar-refractivity contribution in [3.8, 4) is 0 Å². The quantitative estimate of drug-likeness (QED) is 0.900. The van der Waals surface area contributed by atoms with E-state index < -0.39 is 5.97 Å². The predicted octanol–water partition coefficient (Wildman–Crippen LogP) is 1.75. The summed E-state index contributed by atoms with van der Waals surface area (Å²) in [5, 5.41) is 9.38. The minimum atomic E-state index is -1.04. The summed E-state index contributed by atoms with van der Waals surface area (Å²) in [7, 11) is 0. The minimum absolute atomic E-state index is 0.00876. The second-order valence-corrected chi connectivity index (χ2v) is 6.01. The summed E-state index contributed by atoms with van der Waals surface area (Å²) in [6, 6.07) is 0. The molecule has 1 aromatic heterocycles. The lowest BCUT2D eigenvalue weighted by molar-refractivity contribution is 0.0690. The van der Waals surface area contributed by atoms with Crippen molar-refractivity contribution in [3.05, 3.63) is 18.1 Å². The van der Waals surface area contributed by atoms with Gasteiger partial charge in [-0.1, -0.05) is 13.8 Å². The first-order valence-electron chi connectivity index (χ1n) is 6.00.